The molecule has 1 amide bonds. The van der Waals surface area contributed by atoms with Crippen LogP contribution in [0.1, 0.15) is 25.3 Å². The van der Waals surface area contributed by atoms with Gasteiger partial charge in [-0.1, -0.05) is 12.1 Å². The monoisotopic (exact) mass is 277 g/mol. The predicted octanol–water partition coefficient (Wildman–Crippen LogP) is 1.74. The van der Waals surface area contributed by atoms with Crippen molar-refractivity contribution in [2.75, 3.05) is 6.54 Å². The molecule has 1 aromatic carbocycles. The summed E-state index contributed by atoms with van der Waals surface area (Å²) in [5, 5.41) is 11.7. The van der Waals surface area contributed by atoms with E-state index in [9.17, 15) is 9.59 Å². The molecule has 20 heavy (non-hydrogen) atoms. The summed E-state index contributed by atoms with van der Waals surface area (Å²) >= 11 is 0. The number of ether oxygens (including phenoxy) is 1. The second-order valence-corrected chi connectivity index (χ2v) is 5.34. The van der Waals surface area contributed by atoms with Gasteiger partial charge in [0.2, 0.25) is 5.91 Å². The Balaban J connectivity index is 1.82. The minimum absolute atomic E-state index is 0.217. The van der Waals surface area contributed by atoms with E-state index in [0.717, 1.165) is 11.3 Å². The van der Waals surface area contributed by atoms with Crippen LogP contribution >= 0.6 is 0 Å². The predicted molar refractivity (Wildman–Crippen MR) is 73.6 cm³/mol. The smallest absolute Gasteiger partial charge is 0.319 e. The van der Waals surface area contributed by atoms with Gasteiger partial charge >= 0.3 is 5.97 Å². The molecule has 1 aromatic rings. The first kappa shape index (κ1) is 14.4. The Kier molecular flexibility index (Phi) is 3.97. The zero-order valence-electron chi connectivity index (χ0n) is 11.7. The van der Waals surface area contributed by atoms with E-state index in [0.29, 0.717) is 19.4 Å². The Hall–Kier alpha value is -2.04. The molecule has 5 nitrogen and oxygen atoms in total. The minimum atomic E-state index is -1.19. The van der Waals surface area contributed by atoms with Crippen LogP contribution in [0.4, 0.5) is 0 Å². The molecule has 0 heterocycles. The van der Waals surface area contributed by atoms with Crippen LogP contribution in [0, 0.1) is 12.3 Å². The summed E-state index contributed by atoms with van der Waals surface area (Å²) < 4.78 is 5.68. The molecule has 2 N–H and O–H groups in total. The number of carbonyl (C=O) groups is 2. The highest BCUT2D eigenvalue weighted by molar-refractivity contribution is 6.04. The van der Waals surface area contributed by atoms with Gasteiger partial charge in [0.15, 0.2) is 0 Å². The van der Waals surface area contributed by atoms with E-state index in [-0.39, 0.29) is 6.10 Å². The second kappa shape index (κ2) is 5.53. The number of carbonyl (C=O) groups excluding carboxylic acids is 1. The fourth-order valence-corrected chi connectivity index (χ4v) is 2.03. The van der Waals surface area contributed by atoms with E-state index in [1.165, 1.54) is 0 Å². The summed E-state index contributed by atoms with van der Waals surface area (Å²) in [6.45, 7) is 4.10. The average Bonchev–Trinajstić information content (AvgIpc) is 3.17. The summed E-state index contributed by atoms with van der Waals surface area (Å²) in [4.78, 5) is 22.8. The summed E-state index contributed by atoms with van der Waals surface area (Å²) in [6, 6.07) is 7.64. The molecule has 0 aliphatic heterocycles. The van der Waals surface area contributed by atoms with E-state index in [1.54, 1.807) is 0 Å². The molecular formula is C15H19NO4. The Labute approximate surface area is 117 Å². The van der Waals surface area contributed by atoms with Crippen molar-refractivity contribution in [2.24, 2.45) is 5.41 Å². The molecule has 0 saturated heterocycles. The largest absolute Gasteiger partial charge is 0.489 e. The van der Waals surface area contributed by atoms with Crippen molar-refractivity contribution in [3.63, 3.8) is 0 Å². The molecule has 108 valence electrons. The number of carboxylic acid groups (broad SMARTS) is 1. The van der Waals surface area contributed by atoms with Gasteiger partial charge in [-0.05, 0) is 44.4 Å². The molecule has 1 saturated carbocycles. The number of benzene rings is 1. The lowest BCUT2D eigenvalue weighted by atomic mass is 10.1. The van der Waals surface area contributed by atoms with Gasteiger partial charge in [0.1, 0.15) is 17.3 Å². The van der Waals surface area contributed by atoms with Crippen LogP contribution in [0.25, 0.3) is 0 Å². The van der Waals surface area contributed by atoms with Gasteiger partial charge in [-0.3, -0.25) is 9.59 Å². The lowest BCUT2D eigenvalue weighted by Gasteiger charge is -2.17. The van der Waals surface area contributed by atoms with Gasteiger partial charge in [-0.15, -0.1) is 0 Å². The lowest BCUT2D eigenvalue weighted by molar-refractivity contribution is -0.149. The third-order valence-corrected chi connectivity index (χ3v) is 3.47. The van der Waals surface area contributed by atoms with E-state index >= 15 is 0 Å². The molecule has 1 aliphatic rings. The summed E-state index contributed by atoms with van der Waals surface area (Å²) in [5.41, 5.74) is -0.0928. The molecule has 2 rings (SSSR count). The highest BCUT2D eigenvalue weighted by atomic mass is 16.5. The molecule has 1 atom stereocenters. The van der Waals surface area contributed by atoms with E-state index in [4.69, 9.17) is 9.84 Å². The second-order valence-electron chi connectivity index (χ2n) is 5.34. The maximum atomic E-state index is 11.8. The number of aliphatic carboxylic acids is 1. The number of aryl methyl sites for hydroxylation is 1. The molecule has 1 aliphatic carbocycles. The first-order valence-electron chi connectivity index (χ1n) is 6.69. The first-order chi connectivity index (χ1) is 9.44. The van der Waals surface area contributed by atoms with Gasteiger partial charge in [0.25, 0.3) is 0 Å². The van der Waals surface area contributed by atoms with E-state index in [1.807, 2.05) is 38.1 Å². The Morgan fingerprint density at radius 3 is 2.70 bits per heavy atom. The van der Waals surface area contributed by atoms with Gasteiger partial charge in [-0.25, -0.2) is 0 Å². The van der Waals surface area contributed by atoms with Crippen LogP contribution in [0.5, 0.6) is 5.75 Å². The fourth-order valence-electron chi connectivity index (χ4n) is 2.03. The van der Waals surface area contributed by atoms with Gasteiger partial charge in [0, 0.05) is 0 Å². The number of hydrogen-bond acceptors (Lipinski definition) is 3. The normalized spacial score (nSPS) is 17.1. The van der Waals surface area contributed by atoms with E-state index in [2.05, 4.69) is 5.32 Å². The maximum Gasteiger partial charge on any atom is 0.319 e. The van der Waals surface area contributed by atoms with Gasteiger partial charge in [0.05, 0.1) is 6.54 Å². The van der Waals surface area contributed by atoms with Crippen molar-refractivity contribution in [2.45, 2.75) is 32.8 Å². The van der Waals surface area contributed by atoms with Crippen molar-refractivity contribution in [3.8, 4) is 5.75 Å². The molecule has 5 heteroatoms. The van der Waals surface area contributed by atoms with Crippen LogP contribution in [0.3, 0.4) is 0 Å². The summed E-state index contributed by atoms with van der Waals surface area (Å²) in [7, 11) is 0. The number of amides is 1. The lowest BCUT2D eigenvalue weighted by Crippen LogP contribution is -2.41. The fraction of sp³-hybridized carbons (Fsp3) is 0.467. The molecule has 0 bridgehead atoms. The van der Waals surface area contributed by atoms with Crippen LogP contribution in [-0.2, 0) is 9.59 Å². The average molecular weight is 277 g/mol. The highest BCUT2D eigenvalue weighted by Gasteiger charge is 2.56. The number of hydrogen-bond donors (Lipinski definition) is 2. The van der Waals surface area contributed by atoms with Gasteiger partial charge < -0.3 is 15.2 Å². The zero-order chi connectivity index (χ0) is 14.8. The standard InChI is InChI=1S/C15H19NO4/c1-10-4-3-5-12(8-10)20-11(2)9-16-13(17)15(6-7-15)14(18)19/h3-5,8,11H,6-7,9H2,1-2H3,(H,16,17)(H,18,19). The van der Waals surface area contributed by atoms with Crippen LogP contribution in [0.15, 0.2) is 24.3 Å². The maximum absolute atomic E-state index is 11.8. The quantitative estimate of drug-likeness (QED) is 0.777. The molecule has 1 unspecified atom stereocenters. The highest BCUT2D eigenvalue weighted by Crippen LogP contribution is 2.46. The van der Waals surface area contributed by atoms with Crippen molar-refractivity contribution in [1.29, 1.82) is 0 Å². The Bertz CT molecular complexity index is 522. The molecule has 0 radical (unpaired) electrons. The van der Waals surface area contributed by atoms with Gasteiger partial charge in [-0.2, -0.15) is 0 Å². The zero-order valence-corrected chi connectivity index (χ0v) is 11.7. The van der Waals surface area contributed by atoms with Crippen LogP contribution < -0.4 is 10.1 Å². The SMILES string of the molecule is Cc1cccc(OC(C)CNC(=O)C2(C(=O)O)CC2)c1. The van der Waals surface area contributed by atoms with Crippen molar-refractivity contribution in [3.05, 3.63) is 29.8 Å². The van der Waals surface area contributed by atoms with E-state index < -0.39 is 17.3 Å². The van der Waals surface area contributed by atoms with Crippen LogP contribution in [-0.4, -0.2) is 29.6 Å². The topological polar surface area (TPSA) is 75.6 Å². The molecule has 0 aromatic heterocycles. The summed E-state index contributed by atoms with van der Waals surface area (Å²) in [5.74, 6) is -0.710. The summed E-state index contributed by atoms with van der Waals surface area (Å²) in [6.07, 6.45) is 0.619. The third-order valence-electron chi connectivity index (χ3n) is 3.47. The third kappa shape index (κ3) is 3.10. The number of nitrogens with one attached hydrogen (secondary N) is 1. The molecule has 0 spiro atoms. The molecular weight excluding hydrogens is 258 g/mol. The number of carboxylic acids is 1. The van der Waals surface area contributed by atoms with Crippen LogP contribution in [0.2, 0.25) is 0 Å². The first-order valence-corrected chi connectivity index (χ1v) is 6.69. The number of rotatable bonds is 6. The Morgan fingerprint density at radius 1 is 1.45 bits per heavy atom. The van der Waals surface area contributed by atoms with Crippen molar-refractivity contribution in [1.82, 2.24) is 5.32 Å². The van der Waals surface area contributed by atoms with Crippen molar-refractivity contribution < 1.29 is 19.4 Å². The Morgan fingerprint density at radius 2 is 2.15 bits per heavy atom. The van der Waals surface area contributed by atoms with Crippen molar-refractivity contribution >= 4 is 11.9 Å². The molecule has 1 fully saturated rings. The minimum Gasteiger partial charge on any atom is -0.489 e.